The fourth-order valence-electron chi connectivity index (χ4n) is 1.36. The van der Waals surface area contributed by atoms with Crippen LogP contribution in [0.15, 0.2) is 0 Å². The predicted molar refractivity (Wildman–Crippen MR) is 91.8 cm³/mol. The molecule has 0 heterocycles. The third-order valence-corrected chi connectivity index (χ3v) is 2.64. The predicted octanol–water partition coefficient (Wildman–Crippen LogP) is -0.624. The molecule has 0 saturated heterocycles. The molecule has 0 aromatic rings. The maximum atomic E-state index is 11.1. The molecule has 0 aliphatic heterocycles. The molecule has 0 aliphatic carbocycles. The minimum absolute atomic E-state index is 0. The van der Waals surface area contributed by atoms with Crippen molar-refractivity contribution in [1.82, 2.24) is 0 Å². The number of hydrogen-bond acceptors (Lipinski definition) is 7. The van der Waals surface area contributed by atoms with E-state index in [1.165, 1.54) is 0 Å². The van der Waals surface area contributed by atoms with Gasteiger partial charge in [0.2, 0.25) is 0 Å². The SMILES string of the molecule is C[N+](C)(C)CCO.O=C(O)CCCC(=O)OCCOCCOCCO.[O-2]. The van der Waals surface area contributed by atoms with Crippen LogP contribution in [0.1, 0.15) is 19.3 Å². The van der Waals surface area contributed by atoms with E-state index < -0.39 is 11.9 Å². The number of carbonyl (C=O) groups excluding carboxylic acids is 1. The first-order chi connectivity index (χ1) is 11.7. The first kappa shape index (κ1) is 29.5. The summed E-state index contributed by atoms with van der Waals surface area (Å²) in [5.41, 5.74) is 0. The molecular formula is C16H34NO9-. The van der Waals surface area contributed by atoms with Crippen LogP contribution in [0.3, 0.4) is 0 Å². The van der Waals surface area contributed by atoms with Crippen LogP contribution in [0, 0.1) is 0 Å². The second kappa shape index (κ2) is 20.0. The van der Waals surface area contributed by atoms with Crippen molar-refractivity contribution in [3.8, 4) is 0 Å². The molecule has 0 aromatic carbocycles. The highest BCUT2D eigenvalue weighted by Gasteiger charge is 2.04. The molecule has 0 atom stereocenters. The van der Waals surface area contributed by atoms with Crippen molar-refractivity contribution in [2.45, 2.75) is 19.3 Å². The molecule has 0 amide bonds. The number of aliphatic hydroxyl groups excluding tert-OH is 2. The molecule has 0 aliphatic rings. The summed E-state index contributed by atoms with van der Waals surface area (Å²) < 4.78 is 15.7. The number of hydrogen-bond donors (Lipinski definition) is 3. The Balaban J connectivity index is -0.000000561. The van der Waals surface area contributed by atoms with Gasteiger partial charge in [-0.1, -0.05) is 0 Å². The second-order valence-electron chi connectivity index (χ2n) is 6.15. The van der Waals surface area contributed by atoms with Crippen LogP contribution < -0.4 is 0 Å². The van der Waals surface area contributed by atoms with Gasteiger partial charge in [-0.05, 0) is 6.42 Å². The minimum Gasteiger partial charge on any atom is -2.00 e. The van der Waals surface area contributed by atoms with Gasteiger partial charge in [0, 0.05) is 12.8 Å². The molecule has 0 saturated carbocycles. The molecule has 0 spiro atoms. The summed E-state index contributed by atoms with van der Waals surface area (Å²) in [6.45, 7) is 2.54. The van der Waals surface area contributed by atoms with Crippen molar-refractivity contribution in [2.24, 2.45) is 0 Å². The van der Waals surface area contributed by atoms with Gasteiger partial charge in [-0.25, -0.2) is 0 Å². The van der Waals surface area contributed by atoms with E-state index in [1.807, 2.05) is 0 Å². The van der Waals surface area contributed by atoms with E-state index in [1.54, 1.807) is 0 Å². The Hall–Kier alpha value is -1.30. The van der Waals surface area contributed by atoms with Crippen molar-refractivity contribution >= 4 is 11.9 Å². The molecule has 10 heteroatoms. The van der Waals surface area contributed by atoms with Crippen molar-refractivity contribution in [1.29, 1.82) is 0 Å². The van der Waals surface area contributed by atoms with Crippen LogP contribution in [0.4, 0.5) is 0 Å². The number of likely N-dealkylation sites (N-methyl/N-ethyl adjacent to an activating group) is 1. The van der Waals surface area contributed by atoms with Gasteiger partial charge in [-0.15, -0.1) is 0 Å². The van der Waals surface area contributed by atoms with Crippen LogP contribution in [0.25, 0.3) is 0 Å². The summed E-state index contributed by atoms with van der Waals surface area (Å²) in [6.07, 6.45) is 0.351. The Bertz CT molecular complexity index is 332. The summed E-state index contributed by atoms with van der Waals surface area (Å²) in [7, 11) is 6.16. The fourth-order valence-corrected chi connectivity index (χ4v) is 1.36. The molecule has 0 aromatic heterocycles. The van der Waals surface area contributed by atoms with E-state index >= 15 is 0 Å². The highest BCUT2D eigenvalue weighted by Crippen LogP contribution is 1.97. The Labute approximate surface area is 155 Å². The van der Waals surface area contributed by atoms with Crippen LogP contribution in [-0.4, -0.2) is 106 Å². The molecular weight excluding hydrogens is 350 g/mol. The zero-order valence-corrected chi connectivity index (χ0v) is 16.0. The summed E-state index contributed by atoms with van der Waals surface area (Å²) in [5.74, 6) is -1.34. The zero-order valence-electron chi connectivity index (χ0n) is 16.0. The number of aliphatic carboxylic acids is 1. The lowest BCUT2D eigenvalue weighted by atomic mass is 10.2. The first-order valence-corrected chi connectivity index (χ1v) is 8.28. The van der Waals surface area contributed by atoms with Gasteiger partial charge in [0.1, 0.15) is 13.2 Å². The van der Waals surface area contributed by atoms with Gasteiger partial charge in [-0.3, -0.25) is 9.59 Å². The van der Waals surface area contributed by atoms with Crippen LogP contribution in [0.2, 0.25) is 0 Å². The molecule has 0 rings (SSSR count). The van der Waals surface area contributed by atoms with Gasteiger partial charge in [0.05, 0.1) is 60.8 Å². The summed E-state index contributed by atoms with van der Waals surface area (Å²) in [5, 5.41) is 25.2. The minimum atomic E-state index is -0.922. The summed E-state index contributed by atoms with van der Waals surface area (Å²) >= 11 is 0. The number of carboxylic acid groups (broad SMARTS) is 1. The van der Waals surface area contributed by atoms with Gasteiger partial charge in [-0.2, -0.15) is 0 Å². The number of carbonyl (C=O) groups is 2. The largest absolute Gasteiger partial charge is 2.00 e. The van der Waals surface area contributed by atoms with Gasteiger partial charge < -0.3 is 39.5 Å². The molecule has 0 unspecified atom stereocenters. The third kappa shape index (κ3) is 30.6. The van der Waals surface area contributed by atoms with Gasteiger partial charge >= 0.3 is 11.9 Å². The third-order valence-electron chi connectivity index (χ3n) is 2.64. The van der Waals surface area contributed by atoms with E-state index in [4.69, 9.17) is 29.5 Å². The Morgan fingerprint density at radius 2 is 1.38 bits per heavy atom. The van der Waals surface area contributed by atoms with Crippen molar-refractivity contribution in [3.05, 3.63) is 0 Å². The molecule has 0 bridgehead atoms. The lowest BCUT2D eigenvalue weighted by Crippen LogP contribution is -2.36. The first-order valence-electron chi connectivity index (χ1n) is 8.28. The summed E-state index contributed by atoms with van der Waals surface area (Å²) in [4.78, 5) is 21.3. The van der Waals surface area contributed by atoms with E-state index in [0.29, 0.717) is 13.2 Å². The normalized spacial score (nSPS) is 10.3. The van der Waals surface area contributed by atoms with E-state index in [2.05, 4.69) is 21.1 Å². The van der Waals surface area contributed by atoms with Gasteiger partial charge in [0.15, 0.2) is 0 Å². The number of nitrogens with zero attached hydrogens (tertiary/aromatic N) is 1. The number of carboxylic acids is 1. The average molecular weight is 384 g/mol. The smallest absolute Gasteiger partial charge is 0.305 e. The number of quaternary nitrogens is 1. The average Bonchev–Trinajstić information content (AvgIpc) is 2.49. The summed E-state index contributed by atoms with van der Waals surface area (Å²) in [6, 6.07) is 0. The Kier molecular flexibility index (Phi) is 22.7. The van der Waals surface area contributed by atoms with Gasteiger partial charge in [0.25, 0.3) is 0 Å². The quantitative estimate of drug-likeness (QED) is 0.203. The van der Waals surface area contributed by atoms with E-state index in [9.17, 15) is 9.59 Å². The Morgan fingerprint density at radius 1 is 0.846 bits per heavy atom. The van der Waals surface area contributed by atoms with Crippen molar-refractivity contribution in [2.75, 3.05) is 73.9 Å². The molecule has 26 heavy (non-hydrogen) atoms. The zero-order chi connectivity index (χ0) is 19.6. The highest BCUT2D eigenvalue weighted by molar-refractivity contribution is 5.71. The molecule has 0 fully saturated rings. The second-order valence-corrected chi connectivity index (χ2v) is 6.15. The molecule has 10 nitrogen and oxygen atoms in total. The Morgan fingerprint density at radius 3 is 1.81 bits per heavy atom. The lowest BCUT2D eigenvalue weighted by Gasteiger charge is -2.21. The van der Waals surface area contributed by atoms with E-state index in [-0.39, 0.29) is 57.8 Å². The topological polar surface area (TPSA) is 151 Å². The molecule has 3 N–H and O–H groups in total. The standard InChI is InChI=1S/C11H20O7.C5H14NO.O/c12-4-5-16-6-7-17-8-9-18-11(15)3-1-2-10(13)14;1-6(2,3)4-5-7;/h12H,1-9H2,(H,13,14);7H,4-5H2,1-3H3;/q;+1;-2. The maximum Gasteiger partial charge on any atom is 0.305 e. The van der Waals surface area contributed by atoms with Crippen molar-refractivity contribution in [3.63, 3.8) is 0 Å². The van der Waals surface area contributed by atoms with Crippen LogP contribution >= 0.6 is 0 Å². The highest BCUT2D eigenvalue weighted by atomic mass is 16.6. The molecule has 0 radical (unpaired) electrons. The fraction of sp³-hybridized carbons (Fsp3) is 0.875. The number of esters is 1. The van der Waals surface area contributed by atoms with E-state index in [0.717, 1.165) is 11.0 Å². The van der Waals surface area contributed by atoms with Crippen LogP contribution in [-0.2, 0) is 29.3 Å². The van der Waals surface area contributed by atoms with Crippen molar-refractivity contribution < 1.29 is 49.1 Å². The monoisotopic (exact) mass is 384 g/mol. The number of aliphatic hydroxyl groups is 2. The molecule has 158 valence electrons. The lowest BCUT2D eigenvalue weighted by molar-refractivity contribution is -0.870. The maximum absolute atomic E-state index is 11.1. The number of rotatable bonds is 14. The van der Waals surface area contributed by atoms with Crippen LogP contribution in [0.5, 0.6) is 0 Å². The number of ether oxygens (including phenoxy) is 3.